The van der Waals surface area contributed by atoms with Crippen molar-refractivity contribution in [3.8, 4) is 5.75 Å². The Hall–Kier alpha value is -0.980. The Labute approximate surface area is 55.3 Å². The molecule has 0 aliphatic heterocycles. The van der Waals surface area contributed by atoms with Gasteiger partial charge in [-0.3, -0.25) is 0 Å². The molecule has 0 spiro atoms. The highest BCUT2D eigenvalue weighted by Crippen LogP contribution is 2.09. The monoisotopic (exact) mass is 119 g/mol. The summed E-state index contributed by atoms with van der Waals surface area (Å²) in [6.45, 7) is 7.11. The first-order chi connectivity index (χ1) is 4.33. The van der Waals surface area contributed by atoms with E-state index in [0.29, 0.717) is 5.56 Å². The lowest BCUT2D eigenvalue weighted by atomic mass is 10.2. The minimum Gasteiger partial charge on any atom is -0.497 e. The highest BCUT2D eigenvalue weighted by molar-refractivity contribution is 5.28. The maximum Gasteiger partial charge on any atom is 0.118 e. The molecule has 0 saturated carbocycles. The van der Waals surface area contributed by atoms with Crippen molar-refractivity contribution in [2.75, 3.05) is 7.11 Å². The van der Waals surface area contributed by atoms with Crippen LogP contribution in [0.2, 0.25) is 0 Å². The van der Waals surface area contributed by atoms with Crippen LogP contribution < -0.4 is 4.74 Å². The number of hydrogen-bond donors (Lipinski definition) is 0. The number of methoxy groups -OCH3 is 1. The molecule has 1 aromatic carbocycles. The molecule has 1 nitrogen and oxygen atoms in total. The fourth-order valence-corrected chi connectivity index (χ4v) is 0.591. The minimum atomic E-state index is 0.510. The largest absolute Gasteiger partial charge is 0.497 e. The predicted molar refractivity (Wildman–Crippen MR) is 35.3 cm³/mol. The second kappa shape index (κ2) is 2.53. The summed E-state index contributed by atoms with van der Waals surface area (Å²) in [5.41, 5.74) is 0.510. The van der Waals surface area contributed by atoms with Gasteiger partial charge in [0.2, 0.25) is 0 Å². The lowest BCUT2D eigenvalue weighted by Crippen LogP contribution is -1.80. The molecule has 0 N–H and O–H groups in total. The van der Waals surface area contributed by atoms with Crippen LogP contribution in [0.5, 0.6) is 5.75 Å². The van der Waals surface area contributed by atoms with Crippen LogP contribution in [-0.2, 0) is 0 Å². The zero-order valence-electron chi connectivity index (χ0n) is 5.22. The first-order valence-electron chi connectivity index (χ1n) is 2.68. The summed E-state index contributed by atoms with van der Waals surface area (Å²) in [7, 11) is 1.61. The number of benzene rings is 1. The van der Waals surface area contributed by atoms with E-state index in [4.69, 9.17) is 11.7 Å². The molecule has 0 aliphatic carbocycles. The van der Waals surface area contributed by atoms with Crippen LogP contribution in [0.15, 0.2) is 24.3 Å². The molecule has 0 aromatic heterocycles. The second-order valence-electron chi connectivity index (χ2n) is 1.73. The predicted octanol–water partition coefficient (Wildman–Crippen LogP) is 1.63. The minimum absolute atomic E-state index is 0.510. The molecule has 9 heavy (non-hydrogen) atoms. The van der Waals surface area contributed by atoms with E-state index >= 15 is 0 Å². The lowest BCUT2D eigenvalue weighted by molar-refractivity contribution is 0.415. The molecule has 1 heteroatoms. The van der Waals surface area contributed by atoms with E-state index in [1.807, 2.05) is 0 Å². The lowest BCUT2D eigenvalue weighted by Gasteiger charge is -1.96. The maximum atomic E-state index is 7.11. The Balaban J connectivity index is 2.88. The summed E-state index contributed by atoms with van der Waals surface area (Å²) in [5, 5.41) is 0. The number of ether oxygens (including phenoxy) is 1. The summed E-state index contributed by atoms with van der Waals surface area (Å²) in [6, 6.07) is 6.92. The van der Waals surface area contributed by atoms with E-state index < -0.39 is 0 Å². The normalized spacial score (nSPS) is 9.11. The van der Waals surface area contributed by atoms with Crippen LogP contribution in [0.4, 0.5) is 0 Å². The van der Waals surface area contributed by atoms with Gasteiger partial charge in [0.15, 0.2) is 0 Å². The van der Waals surface area contributed by atoms with E-state index in [1.165, 1.54) is 0 Å². The van der Waals surface area contributed by atoms with E-state index in [0.717, 1.165) is 5.75 Å². The topological polar surface area (TPSA) is 9.23 Å². The molecule has 1 aromatic rings. The van der Waals surface area contributed by atoms with Crippen molar-refractivity contribution in [3.05, 3.63) is 36.8 Å². The molecule has 0 atom stereocenters. The molecule has 0 bridgehead atoms. The van der Waals surface area contributed by atoms with E-state index in [2.05, 4.69) is 0 Å². The van der Waals surface area contributed by atoms with E-state index in [-0.39, 0.29) is 0 Å². The second-order valence-corrected chi connectivity index (χ2v) is 1.73. The zero-order valence-corrected chi connectivity index (χ0v) is 5.22. The average molecular weight is 119 g/mol. The highest BCUT2D eigenvalue weighted by atomic mass is 16.5. The third-order valence-electron chi connectivity index (χ3n) is 1.09. The number of rotatable bonds is 1. The molecule has 3 radical (unpaired) electrons. The van der Waals surface area contributed by atoms with Crippen LogP contribution in [0.25, 0.3) is 0 Å². The van der Waals surface area contributed by atoms with Crippen molar-refractivity contribution < 1.29 is 4.74 Å². The van der Waals surface area contributed by atoms with Crippen molar-refractivity contribution in [2.45, 2.75) is 0 Å². The van der Waals surface area contributed by atoms with Gasteiger partial charge in [0.05, 0.1) is 7.11 Å². The van der Waals surface area contributed by atoms with Crippen LogP contribution in [-0.4, -0.2) is 7.11 Å². The van der Waals surface area contributed by atoms with Gasteiger partial charge in [-0.15, -0.1) is 0 Å². The fraction of sp³-hybridized carbons (Fsp3) is 0.125. The zero-order chi connectivity index (χ0) is 6.69. The molecular formula is C8H7O. The van der Waals surface area contributed by atoms with Gasteiger partial charge < -0.3 is 4.74 Å². The fourth-order valence-electron chi connectivity index (χ4n) is 0.591. The Morgan fingerprint density at radius 2 is 1.78 bits per heavy atom. The third kappa shape index (κ3) is 1.46. The van der Waals surface area contributed by atoms with Gasteiger partial charge in [-0.05, 0) is 17.7 Å². The molecular weight excluding hydrogens is 112 g/mol. The van der Waals surface area contributed by atoms with Gasteiger partial charge in [0, 0.05) is 6.92 Å². The van der Waals surface area contributed by atoms with Gasteiger partial charge in [-0.1, -0.05) is 12.1 Å². The summed E-state index contributed by atoms with van der Waals surface area (Å²) < 4.78 is 4.89. The Morgan fingerprint density at radius 3 is 2.22 bits per heavy atom. The summed E-state index contributed by atoms with van der Waals surface area (Å²) >= 11 is 0. The molecule has 0 amide bonds. The Kier molecular flexibility index (Phi) is 1.73. The molecule has 0 unspecified atom stereocenters. The van der Waals surface area contributed by atoms with Crippen molar-refractivity contribution in [1.29, 1.82) is 0 Å². The van der Waals surface area contributed by atoms with Crippen molar-refractivity contribution >= 4 is 0 Å². The third-order valence-corrected chi connectivity index (χ3v) is 1.09. The highest BCUT2D eigenvalue weighted by Gasteiger charge is 1.86. The Bertz CT molecular complexity index is 176. The standard InChI is InChI=1S/C8H7O/c1-7-3-5-8(9-2)6-4-7/h3-6H,2H3. The smallest absolute Gasteiger partial charge is 0.118 e. The SMILES string of the molecule is [C]c1ccc(OC)cc1. The van der Waals surface area contributed by atoms with Crippen LogP contribution >= 0.6 is 0 Å². The van der Waals surface area contributed by atoms with Gasteiger partial charge in [-0.2, -0.15) is 0 Å². The van der Waals surface area contributed by atoms with Crippen molar-refractivity contribution in [1.82, 2.24) is 0 Å². The van der Waals surface area contributed by atoms with Crippen molar-refractivity contribution in [2.24, 2.45) is 0 Å². The molecule has 1 rings (SSSR count). The average Bonchev–Trinajstić information content (AvgIpc) is 1.90. The van der Waals surface area contributed by atoms with Crippen LogP contribution in [0.3, 0.4) is 0 Å². The van der Waals surface area contributed by atoms with Gasteiger partial charge in [0.1, 0.15) is 5.75 Å². The Morgan fingerprint density at radius 1 is 1.22 bits per heavy atom. The summed E-state index contributed by atoms with van der Waals surface area (Å²) in [5.74, 6) is 0.797. The molecule has 0 aliphatic rings. The van der Waals surface area contributed by atoms with E-state index in [9.17, 15) is 0 Å². The summed E-state index contributed by atoms with van der Waals surface area (Å²) in [4.78, 5) is 0. The molecule has 0 heterocycles. The van der Waals surface area contributed by atoms with Crippen molar-refractivity contribution in [3.63, 3.8) is 0 Å². The van der Waals surface area contributed by atoms with Gasteiger partial charge in [0.25, 0.3) is 0 Å². The van der Waals surface area contributed by atoms with E-state index in [1.54, 1.807) is 31.4 Å². The van der Waals surface area contributed by atoms with Gasteiger partial charge >= 0.3 is 0 Å². The summed E-state index contributed by atoms with van der Waals surface area (Å²) in [6.07, 6.45) is 0. The first-order valence-corrected chi connectivity index (χ1v) is 2.68. The molecule has 45 valence electrons. The molecule has 0 saturated heterocycles. The molecule has 0 fully saturated rings. The van der Waals surface area contributed by atoms with Gasteiger partial charge in [-0.25, -0.2) is 0 Å². The van der Waals surface area contributed by atoms with Crippen LogP contribution in [0, 0.1) is 6.92 Å². The quantitative estimate of drug-likeness (QED) is 0.546. The first kappa shape index (κ1) is 6.14. The maximum absolute atomic E-state index is 7.11. The van der Waals surface area contributed by atoms with Crippen LogP contribution in [0.1, 0.15) is 5.56 Å². The number of hydrogen-bond acceptors (Lipinski definition) is 1.